The SMILES string of the molecule is O=C1c2ccc(F)cc2CC1[n+]1ccc(-c2cccc3c2SCCC3)cc1.[Br-]. The Morgan fingerprint density at radius 2 is 1.82 bits per heavy atom. The van der Waals surface area contributed by atoms with E-state index in [0.717, 1.165) is 12.0 Å². The highest BCUT2D eigenvalue weighted by Gasteiger charge is 2.37. The number of rotatable bonds is 2. The van der Waals surface area contributed by atoms with Gasteiger partial charge >= 0.3 is 0 Å². The molecule has 0 saturated carbocycles. The van der Waals surface area contributed by atoms with Crippen LogP contribution in [0.2, 0.25) is 0 Å². The molecule has 5 rings (SSSR count). The number of carbonyl (C=O) groups excluding carboxylic acids is 1. The molecule has 1 atom stereocenters. The third-order valence-corrected chi connectivity index (χ3v) is 6.77. The molecule has 2 heterocycles. The number of pyridine rings is 1. The van der Waals surface area contributed by atoms with Gasteiger partial charge in [0.2, 0.25) is 11.8 Å². The van der Waals surface area contributed by atoms with Gasteiger partial charge in [-0.3, -0.25) is 4.79 Å². The number of halogens is 2. The number of aromatic nitrogens is 1. The topological polar surface area (TPSA) is 20.9 Å². The molecule has 2 nitrogen and oxygen atoms in total. The van der Waals surface area contributed by atoms with Crippen molar-refractivity contribution < 1.29 is 30.7 Å². The summed E-state index contributed by atoms with van der Waals surface area (Å²) < 4.78 is 15.4. The number of aryl methyl sites for hydroxylation is 1. The van der Waals surface area contributed by atoms with Gasteiger partial charge in [-0.25, -0.2) is 4.39 Å². The highest BCUT2D eigenvalue weighted by atomic mass is 79.9. The maximum Gasteiger partial charge on any atom is 0.231 e. The minimum absolute atomic E-state index is 0. The molecular weight excluding hydrogens is 437 g/mol. The molecule has 1 aliphatic carbocycles. The van der Waals surface area contributed by atoms with Crippen LogP contribution >= 0.6 is 11.8 Å². The predicted molar refractivity (Wildman–Crippen MR) is 105 cm³/mol. The van der Waals surface area contributed by atoms with Crippen molar-refractivity contribution in [2.45, 2.75) is 30.2 Å². The monoisotopic (exact) mass is 455 g/mol. The van der Waals surface area contributed by atoms with Gasteiger partial charge in [0.05, 0.1) is 0 Å². The molecule has 3 aromatic rings. The molecule has 2 aromatic carbocycles. The minimum Gasteiger partial charge on any atom is -1.00 e. The number of Topliss-reactive ketones (excluding diaryl/α,β-unsaturated/α-hetero) is 1. The molecule has 0 saturated heterocycles. The van der Waals surface area contributed by atoms with E-state index in [4.69, 9.17) is 0 Å². The molecule has 0 spiro atoms. The Morgan fingerprint density at radius 3 is 2.64 bits per heavy atom. The highest BCUT2D eigenvalue weighted by molar-refractivity contribution is 7.99. The maximum absolute atomic E-state index is 13.5. The number of fused-ring (bicyclic) bond motifs is 2. The molecule has 0 amide bonds. The Kier molecular flexibility index (Phi) is 5.39. The standard InChI is InChI=1S/C23H19FNOS.BrH/c24-18-6-7-19-17(13-18)14-21(22(19)26)25-10-8-15(9-11-25)20-5-1-3-16-4-2-12-27-23(16)20;/h1,3,5-11,13,21H,2,4,12,14H2;1H/q+1;/p-1. The van der Waals surface area contributed by atoms with Crippen LogP contribution < -0.4 is 21.5 Å². The van der Waals surface area contributed by atoms with Crippen molar-refractivity contribution in [2.24, 2.45) is 0 Å². The summed E-state index contributed by atoms with van der Waals surface area (Å²) in [5.41, 5.74) is 5.32. The number of thioether (sulfide) groups is 1. The summed E-state index contributed by atoms with van der Waals surface area (Å²) in [6, 6.07) is 14.9. The van der Waals surface area contributed by atoms with Crippen molar-refractivity contribution in [3.63, 3.8) is 0 Å². The summed E-state index contributed by atoms with van der Waals surface area (Å²) >= 11 is 1.94. The van der Waals surface area contributed by atoms with Crippen molar-refractivity contribution in [1.82, 2.24) is 0 Å². The predicted octanol–water partition coefficient (Wildman–Crippen LogP) is 1.80. The minimum atomic E-state index is -0.283. The van der Waals surface area contributed by atoms with Gasteiger partial charge in [-0.05, 0) is 59.0 Å². The van der Waals surface area contributed by atoms with Crippen molar-refractivity contribution in [2.75, 3.05) is 5.75 Å². The lowest BCUT2D eigenvalue weighted by atomic mass is 10.0. The zero-order valence-electron chi connectivity index (χ0n) is 15.2. The maximum atomic E-state index is 13.5. The number of benzene rings is 2. The molecular formula is C23H19BrFNOS. The average Bonchev–Trinajstić information content (AvgIpc) is 3.03. The van der Waals surface area contributed by atoms with E-state index >= 15 is 0 Å². The number of hydrogen-bond donors (Lipinski definition) is 0. The third-order valence-electron chi connectivity index (χ3n) is 5.51. The Bertz CT molecular complexity index is 1050. The highest BCUT2D eigenvalue weighted by Crippen LogP contribution is 2.38. The molecule has 0 bridgehead atoms. The normalized spacial score (nSPS) is 17.6. The summed E-state index contributed by atoms with van der Waals surface area (Å²) in [5, 5.41) is 0. The summed E-state index contributed by atoms with van der Waals surface area (Å²) in [7, 11) is 0. The van der Waals surface area contributed by atoms with E-state index in [9.17, 15) is 9.18 Å². The lowest BCUT2D eigenvalue weighted by molar-refractivity contribution is -0.706. The Labute approximate surface area is 178 Å². The number of nitrogens with zero attached hydrogens (tertiary/aromatic N) is 1. The number of carbonyl (C=O) groups is 1. The van der Waals surface area contributed by atoms with Gasteiger partial charge in [0.15, 0.2) is 12.4 Å². The van der Waals surface area contributed by atoms with Crippen LogP contribution in [0.15, 0.2) is 65.8 Å². The van der Waals surface area contributed by atoms with Crippen molar-refractivity contribution >= 4 is 17.5 Å². The van der Waals surface area contributed by atoms with Crippen LogP contribution in [0.5, 0.6) is 0 Å². The Balaban J connectivity index is 0.00000192. The van der Waals surface area contributed by atoms with Crippen molar-refractivity contribution in [3.05, 3.63) is 83.4 Å². The molecule has 1 aliphatic heterocycles. The average molecular weight is 456 g/mol. The molecule has 5 heteroatoms. The molecule has 142 valence electrons. The number of ketones is 1. The third kappa shape index (κ3) is 3.31. The van der Waals surface area contributed by atoms with Gasteiger partial charge < -0.3 is 17.0 Å². The molecule has 2 aliphatic rings. The summed E-state index contributed by atoms with van der Waals surface area (Å²) in [4.78, 5) is 14.1. The second-order valence-corrected chi connectivity index (χ2v) is 8.27. The van der Waals surface area contributed by atoms with E-state index < -0.39 is 0 Å². The lowest BCUT2D eigenvalue weighted by Crippen LogP contribution is -3.00. The van der Waals surface area contributed by atoms with E-state index in [1.165, 1.54) is 45.9 Å². The molecule has 0 N–H and O–H groups in total. The quantitative estimate of drug-likeness (QED) is 0.549. The molecule has 1 aromatic heterocycles. The van der Waals surface area contributed by atoms with E-state index in [-0.39, 0.29) is 34.6 Å². The van der Waals surface area contributed by atoms with Gasteiger partial charge in [-0.1, -0.05) is 18.2 Å². The summed E-state index contributed by atoms with van der Waals surface area (Å²) in [6.07, 6.45) is 6.89. The van der Waals surface area contributed by atoms with E-state index in [1.807, 2.05) is 28.7 Å². The van der Waals surface area contributed by atoms with Gasteiger partial charge in [0.1, 0.15) is 5.82 Å². The van der Waals surface area contributed by atoms with Gasteiger partial charge in [-0.2, -0.15) is 4.57 Å². The van der Waals surface area contributed by atoms with E-state index in [1.54, 1.807) is 6.07 Å². The van der Waals surface area contributed by atoms with Crippen LogP contribution in [0.3, 0.4) is 0 Å². The van der Waals surface area contributed by atoms with Crippen LogP contribution in [-0.2, 0) is 12.8 Å². The largest absolute Gasteiger partial charge is 1.00 e. The smallest absolute Gasteiger partial charge is 0.231 e. The van der Waals surface area contributed by atoms with E-state index in [0.29, 0.717) is 12.0 Å². The summed E-state index contributed by atoms with van der Waals surface area (Å²) in [6.45, 7) is 0. The van der Waals surface area contributed by atoms with Crippen LogP contribution in [0, 0.1) is 5.82 Å². The van der Waals surface area contributed by atoms with Gasteiger partial charge in [0.25, 0.3) is 0 Å². The van der Waals surface area contributed by atoms with Gasteiger partial charge in [0, 0.05) is 29.0 Å². The molecule has 28 heavy (non-hydrogen) atoms. The van der Waals surface area contributed by atoms with Crippen molar-refractivity contribution in [1.29, 1.82) is 0 Å². The second-order valence-electron chi connectivity index (χ2n) is 7.17. The first-order valence-electron chi connectivity index (χ1n) is 9.29. The first kappa shape index (κ1) is 19.3. The molecule has 1 unspecified atom stereocenters. The fourth-order valence-corrected chi connectivity index (χ4v) is 5.32. The van der Waals surface area contributed by atoms with Crippen LogP contribution in [0.4, 0.5) is 4.39 Å². The second kappa shape index (κ2) is 7.80. The Hall–Kier alpha value is -1.98. The fourth-order valence-electron chi connectivity index (χ4n) is 4.13. The lowest BCUT2D eigenvalue weighted by Gasteiger charge is -2.18. The first-order valence-corrected chi connectivity index (χ1v) is 10.3. The first-order chi connectivity index (χ1) is 13.2. The molecule has 0 radical (unpaired) electrons. The zero-order chi connectivity index (χ0) is 18.4. The van der Waals surface area contributed by atoms with Crippen LogP contribution in [0.25, 0.3) is 11.1 Å². The molecule has 0 fully saturated rings. The van der Waals surface area contributed by atoms with Crippen molar-refractivity contribution in [3.8, 4) is 11.1 Å². The zero-order valence-corrected chi connectivity index (χ0v) is 17.6. The van der Waals surface area contributed by atoms with Crippen LogP contribution in [-0.4, -0.2) is 11.5 Å². The number of hydrogen-bond acceptors (Lipinski definition) is 2. The Morgan fingerprint density at radius 1 is 1.00 bits per heavy atom. The fraction of sp³-hybridized carbons (Fsp3) is 0.217. The van der Waals surface area contributed by atoms with Crippen LogP contribution in [0.1, 0.15) is 33.9 Å². The summed E-state index contributed by atoms with van der Waals surface area (Å²) in [5.74, 6) is 0.951. The van der Waals surface area contributed by atoms with Gasteiger partial charge in [-0.15, -0.1) is 11.8 Å². The van der Waals surface area contributed by atoms with E-state index in [2.05, 4.69) is 30.3 Å².